The van der Waals surface area contributed by atoms with Crippen molar-refractivity contribution in [1.29, 1.82) is 0 Å². The minimum absolute atomic E-state index is 0.105. The number of thiazole rings is 1. The van der Waals surface area contributed by atoms with Crippen LogP contribution in [0.1, 0.15) is 11.4 Å². The molecule has 0 amide bonds. The van der Waals surface area contributed by atoms with Gasteiger partial charge in [-0.15, -0.1) is 11.3 Å². The van der Waals surface area contributed by atoms with E-state index in [1.807, 2.05) is 31.2 Å². The number of hydrogen-bond acceptors (Lipinski definition) is 6. The Bertz CT molecular complexity index is 1110. The monoisotopic (exact) mass is 387 g/mol. The standard InChI is InChI=1S/C18H12F3N5S/c1-10-4-5-12-13(11-3-2-6-22-7-11)8-23-16(15(12)24-10)26-17-25-14(9-27-17)18(19,20)21/h2-9H,1H3,(H,23,25,26). The van der Waals surface area contributed by atoms with Crippen molar-refractivity contribution in [2.45, 2.75) is 13.1 Å². The number of hydrogen-bond donors (Lipinski definition) is 1. The van der Waals surface area contributed by atoms with Crippen LogP contribution in [0.3, 0.4) is 0 Å². The normalized spacial score (nSPS) is 11.7. The molecule has 1 N–H and O–H groups in total. The Morgan fingerprint density at radius 2 is 1.93 bits per heavy atom. The van der Waals surface area contributed by atoms with Gasteiger partial charge in [-0.25, -0.2) is 15.0 Å². The molecule has 0 saturated carbocycles. The number of fused-ring (bicyclic) bond motifs is 1. The van der Waals surface area contributed by atoms with E-state index in [0.29, 0.717) is 11.3 Å². The van der Waals surface area contributed by atoms with Gasteiger partial charge in [0.1, 0.15) is 5.52 Å². The van der Waals surface area contributed by atoms with Crippen molar-refractivity contribution < 1.29 is 13.2 Å². The topological polar surface area (TPSA) is 63.6 Å². The van der Waals surface area contributed by atoms with Gasteiger partial charge < -0.3 is 5.32 Å². The fraction of sp³-hybridized carbons (Fsp3) is 0.111. The molecule has 0 unspecified atom stereocenters. The summed E-state index contributed by atoms with van der Waals surface area (Å²) in [5.41, 5.74) is 2.11. The predicted molar refractivity (Wildman–Crippen MR) is 97.9 cm³/mol. The van der Waals surface area contributed by atoms with E-state index in [4.69, 9.17) is 0 Å². The van der Waals surface area contributed by atoms with E-state index in [9.17, 15) is 13.2 Å². The number of alkyl halides is 3. The molecule has 4 aromatic rings. The van der Waals surface area contributed by atoms with Crippen molar-refractivity contribution in [1.82, 2.24) is 19.9 Å². The van der Waals surface area contributed by atoms with E-state index in [1.165, 1.54) is 0 Å². The Labute approximate surface area is 156 Å². The Morgan fingerprint density at radius 1 is 1.07 bits per heavy atom. The maximum Gasteiger partial charge on any atom is 0.434 e. The molecule has 0 aromatic carbocycles. The zero-order valence-corrected chi connectivity index (χ0v) is 14.8. The molecule has 0 radical (unpaired) electrons. The van der Waals surface area contributed by atoms with Crippen LogP contribution in [-0.4, -0.2) is 19.9 Å². The minimum Gasteiger partial charge on any atom is -0.314 e. The fourth-order valence-corrected chi connectivity index (χ4v) is 3.34. The summed E-state index contributed by atoms with van der Waals surface area (Å²) in [6.07, 6.45) is 0.569. The van der Waals surface area contributed by atoms with Crippen molar-refractivity contribution >= 4 is 33.2 Å². The SMILES string of the molecule is Cc1ccc2c(-c3cccnc3)cnc(Nc3nc(C(F)(F)F)cs3)c2n1. The van der Waals surface area contributed by atoms with E-state index in [-0.39, 0.29) is 5.13 Å². The van der Waals surface area contributed by atoms with Crippen LogP contribution >= 0.6 is 11.3 Å². The molecule has 0 atom stereocenters. The molecule has 9 heteroatoms. The van der Waals surface area contributed by atoms with Crippen molar-refractivity contribution in [2.24, 2.45) is 0 Å². The Kier molecular flexibility index (Phi) is 4.23. The molecule has 27 heavy (non-hydrogen) atoms. The zero-order valence-electron chi connectivity index (χ0n) is 13.9. The average molecular weight is 387 g/mol. The van der Waals surface area contributed by atoms with Crippen molar-refractivity contribution in [3.8, 4) is 11.1 Å². The summed E-state index contributed by atoms with van der Waals surface area (Å²) >= 11 is 0.865. The van der Waals surface area contributed by atoms with E-state index in [0.717, 1.165) is 38.9 Å². The van der Waals surface area contributed by atoms with Crippen LogP contribution in [0.2, 0.25) is 0 Å². The zero-order chi connectivity index (χ0) is 19.0. The first-order valence-electron chi connectivity index (χ1n) is 7.88. The number of nitrogens with one attached hydrogen (secondary N) is 1. The van der Waals surface area contributed by atoms with Crippen LogP contribution in [0.25, 0.3) is 22.0 Å². The molecule has 0 aliphatic rings. The molecule has 4 heterocycles. The van der Waals surface area contributed by atoms with E-state index in [2.05, 4.69) is 25.3 Å². The van der Waals surface area contributed by atoms with Gasteiger partial charge in [0.25, 0.3) is 0 Å². The lowest BCUT2D eigenvalue weighted by Gasteiger charge is -2.11. The number of rotatable bonds is 3. The van der Waals surface area contributed by atoms with Gasteiger partial charge in [0.05, 0.1) is 0 Å². The van der Waals surface area contributed by atoms with Crippen LogP contribution in [0.15, 0.2) is 48.2 Å². The maximum absolute atomic E-state index is 12.8. The second-order valence-corrected chi connectivity index (χ2v) is 6.63. The molecule has 5 nitrogen and oxygen atoms in total. The maximum atomic E-state index is 12.8. The highest BCUT2D eigenvalue weighted by Gasteiger charge is 2.33. The molecule has 0 bridgehead atoms. The predicted octanol–water partition coefficient (Wildman–Crippen LogP) is 5.22. The molecule has 136 valence electrons. The Hall–Kier alpha value is -3.07. The van der Waals surface area contributed by atoms with Crippen molar-refractivity contribution in [3.05, 3.63) is 59.6 Å². The van der Waals surface area contributed by atoms with E-state index >= 15 is 0 Å². The summed E-state index contributed by atoms with van der Waals surface area (Å²) in [5, 5.41) is 4.75. The number of nitrogens with zero attached hydrogens (tertiary/aromatic N) is 4. The summed E-state index contributed by atoms with van der Waals surface area (Å²) in [4.78, 5) is 16.6. The van der Waals surface area contributed by atoms with Crippen LogP contribution in [-0.2, 0) is 6.18 Å². The molecule has 4 rings (SSSR count). The Morgan fingerprint density at radius 3 is 2.63 bits per heavy atom. The van der Waals surface area contributed by atoms with Crippen LogP contribution in [0.5, 0.6) is 0 Å². The molecule has 0 fully saturated rings. The second-order valence-electron chi connectivity index (χ2n) is 5.77. The number of anilines is 2. The summed E-state index contributed by atoms with van der Waals surface area (Å²) in [6.45, 7) is 1.84. The number of aromatic nitrogens is 4. The van der Waals surface area contributed by atoms with Gasteiger partial charge in [0.15, 0.2) is 16.6 Å². The van der Waals surface area contributed by atoms with Crippen LogP contribution in [0, 0.1) is 6.92 Å². The van der Waals surface area contributed by atoms with E-state index in [1.54, 1.807) is 18.6 Å². The number of aryl methyl sites for hydroxylation is 1. The fourth-order valence-electron chi connectivity index (χ4n) is 2.62. The first kappa shape index (κ1) is 17.3. The third kappa shape index (κ3) is 3.45. The largest absolute Gasteiger partial charge is 0.434 e. The summed E-state index contributed by atoms with van der Waals surface area (Å²) < 4.78 is 38.3. The van der Waals surface area contributed by atoms with Crippen molar-refractivity contribution in [2.75, 3.05) is 5.32 Å². The van der Waals surface area contributed by atoms with Crippen LogP contribution in [0.4, 0.5) is 24.1 Å². The van der Waals surface area contributed by atoms with Gasteiger partial charge in [-0.3, -0.25) is 4.98 Å². The molecule has 4 aromatic heterocycles. The molecular formula is C18H12F3N5S. The smallest absolute Gasteiger partial charge is 0.314 e. The highest BCUT2D eigenvalue weighted by Crippen LogP contribution is 2.35. The van der Waals surface area contributed by atoms with Gasteiger partial charge in [0, 0.05) is 46.2 Å². The second kappa shape index (κ2) is 6.58. The Balaban J connectivity index is 1.80. The summed E-state index contributed by atoms with van der Waals surface area (Å²) in [7, 11) is 0. The first-order chi connectivity index (χ1) is 12.9. The first-order valence-corrected chi connectivity index (χ1v) is 8.76. The summed E-state index contributed by atoms with van der Waals surface area (Å²) in [5.74, 6) is 0.351. The highest BCUT2D eigenvalue weighted by molar-refractivity contribution is 7.13. The average Bonchev–Trinajstić information content (AvgIpc) is 3.12. The minimum atomic E-state index is -4.48. The lowest BCUT2D eigenvalue weighted by molar-refractivity contribution is -0.140. The molecule has 0 aliphatic heterocycles. The van der Waals surface area contributed by atoms with Crippen LogP contribution < -0.4 is 5.32 Å². The van der Waals surface area contributed by atoms with Gasteiger partial charge in [-0.2, -0.15) is 13.2 Å². The third-order valence-corrected chi connectivity index (χ3v) is 4.62. The highest BCUT2D eigenvalue weighted by atomic mass is 32.1. The lowest BCUT2D eigenvalue weighted by atomic mass is 10.0. The lowest BCUT2D eigenvalue weighted by Crippen LogP contribution is -2.05. The van der Waals surface area contributed by atoms with Gasteiger partial charge in [0.2, 0.25) is 0 Å². The van der Waals surface area contributed by atoms with E-state index < -0.39 is 11.9 Å². The molecule has 0 saturated heterocycles. The number of pyridine rings is 3. The quantitative estimate of drug-likeness (QED) is 0.522. The van der Waals surface area contributed by atoms with Gasteiger partial charge in [-0.05, 0) is 19.1 Å². The molecular weight excluding hydrogens is 375 g/mol. The third-order valence-electron chi connectivity index (χ3n) is 3.86. The number of halogens is 3. The van der Waals surface area contributed by atoms with Crippen molar-refractivity contribution in [3.63, 3.8) is 0 Å². The summed E-state index contributed by atoms with van der Waals surface area (Å²) in [6, 6.07) is 7.52. The molecule has 0 spiro atoms. The van der Waals surface area contributed by atoms with Gasteiger partial charge >= 0.3 is 6.18 Å². The molecule has 0 aliphatic carbocycles. The van der Waals surface area contributed by atoms with Gasteiger partial charge in [-0.1, -0.05) is 12.1 Å².